The summed E-state index contributed by atoms with van der Waals surface area (Å²) in [5.74, 6) is 6.63. The Balaban J connectivity index is 2.48. The maximum absolute atomic E-state index is 5.49. The molecule has 0 fully saturated rings. The molecule has 22 heavy (non-hydrogen) atoms. The highest BCUT2D eigenvalue weighted by atomic mass is 32.1. The molecule has 0 radical (unpaired) electrons. The van der Waals surface area contributed by atoms with E-state index < -0.39 is 0 Å². The van der Waals surface area contributed by atoms with Gasteiger partial charge in [0.15, 0.2) is 0 Å². The molecule has 0 saturated carbocycles. The van der Waals surface area contributed by atoms with Crippen molar-refractivity contribution < 1.29 is 0 Å². The quantitative estimate of drug-likeness (QED) is 0.572. The second-order valence-corrected chi connectivity index (χ2v) is 6.16. The predicted octanol–water partition coefficient (Wildman–Crippen LogP) is 4.25. The Morgan fingerprint density at radius 1 is 0.955 bits per heavy atom. The molecule has 0 bridgehead atoms. The summed E-state index contributed by atoms with van der Waals surface area (Å²) in [6, 6.07) is 12.4. The van der Waals surface area contributed by atoms with Crippen LogP contribution in [0, 0.1) is 32.6 Å². The van der Waals surface area contributed by atoms with E-state index in [1.54, 1.807) is 0 Å². The highest BCUT2D eigenvalue weighted by Gasteiger charge is 2.07. The van der Waals surface area contributed by atoms with Crippen LogP contribution in [0.15, 0.2) is 36.4 Å². The summed E-state index contributed by atoms with van der Waals surface area (Å²) in [5.41, 5.74) is 6.80. The van der Waals surface area contributed by atoms with Crippen molar-refractivity contribution in [2.75, 3.05) is 14.1 Å². The standard InChI is InChI=1S/C20H21NS/c1-14-12-15(2)18(16(3)13-14)11-10-17-8-6-7-9-19(17)20(22)21(4)5/h6-9,12-13H,1-5H3. The summed E-state index contributed by atoms with van der Waals surface area (Å²) in [6.07, 6.45) is 0. The van der Waals surface area contributed by atoms with E-state index in [-0.39, 0.29) is 0 Å². The number of thiocarbonyl (C=S) groups is 1. The van der Waals surface area contributed by atoms with Crippen molar-refractivity contribution in [3.63, 3.8) is 0 Å². The average molecular weight is 307 g/mol. The maximum Gasteiger partial charge on any atom is 0.109 e. The second-order valence-electron chi connectivity index (χ2n) is 5.77. The van der Waals surface area contributed by atoms with Gasteiger partial charge in [0.2, 0.25) is 0 Å². The largest absolute Gasteiger partial charge is 0.368 e. The van der Waals surface area contributed by atoms with Crippen molar-refractivity contribution in [3.8, 4) is 11.8 Å². The molecule has 112 valence electrons. The van der Waals surface area contributed by atoms with Crippen molar-refractivity contribution in [1.29, 1.82) is 0 Å². The van der Waals surface area contributed by atoms with E-state index in [0.717, 1.165) is 21.7 Å². The topological polar surface area (TPSA) is 3.24 Å². The highest BCUT2D eigenvalue weighted by molar-refractivity contribution is 7.80. The number of nitrogens with zero attached hydrogens (tertiary/aromatic N) is 1. The zero-order valence-electron chi connectivity index (χ0n) is 13.8. The van der Waals surface area contributed by atoms with Crippen LogP contribution in [0.25, 0.3) is 0 Å². The summed E-state index contributed by atoms with van der Waals surface area (Å²) in [4.78, 5) is 2.75. The summed E-state index contributed by atoms with van der Waals surface area (Å²) in [6.45, 7) is 6.34. The van der Waals surface area contributed by atoms with Crippen molar-refractivity contribution in [3.05, 3.63) is 69.8 Å². The Morgan fingerprint density at radius 2 is 1.55 bits per heavy atom. The number of aryl methyl sites for hydroxylation is 3. The summed E-state index contributed by atoms with van der Waals surface area (Å²) >= 11 is 5.49. The first-order valence-corrected chi connectivity index (χ1v) is 7.71. The van der Waals surface area contributed by atoms with Gasteiger partial charge in [0, 0.05) is 30.8 Å². The molecule has 2 aromatic carbocycles. The molecule has 1 nitrogen and oxygen atoms in total. The first-order chi connectivity index (χ1) is 10.4. The van der Waals surface area contributed by atoms with Gasteiger partial charge >= 0.3 is 0 Å². The molecule has 0 N–H and O–H groups in total. The van der Waals surface area contributed by atoms with Gasteiger partial charge in [-0.05, 0) is 38.0 Å². The lowest BCUT2D eigenvalue weighted by Crippen LogP contribution is -2.21. The van der Waals surface area contributed by atoms with Crippen LogP contribution in [0.4, 0.5) is 0 Å². The fourth-order valence-electron chi connectivity index (χ4n) is 2.53. The normalized spacial score (nSPS) is 9.86. The van der Waals surface area contributed by atoms with Gasteiger partial charge in [-0.15, -0.1) is 0 Å². The van der Waals surface area contributed by atoms with Crippen molar-refractivity contribution in [2.45, 2.75) is 20.8 Å². The molecule has 0 aliphatic rings. The van der Waals surface area contributed by atoms with Crippen LogP contribution in [-0.2, 0) is 0 Å². The van der Waals surface area contributed by atoms with Gasteiger partial charge in [-0.2, -0.15) is 0 Å². The lowest BCUT2D eigenvalue weighted by molar-refractivity contribution is 0.636. The number of hydrogen-bond acceptors (Lipinski definition) is 1. The van der Waals surface area contributed by atoms with Crippen LogP contribution < -0.4 is 0 Å². The first kappa shape index (κ1) is 16.3. The Labute approximate surface area is 139 Å². The minimum atomic E-state index is 0.808. The zero-order chi connectivity index (χ0) is 16.3. The van der Waals surface area contributed by atoms with Gasteiger partial charge < -0.3 is 4.90 Å². The van der Waals surface area contributed by atoms with Crippen LogP contribution in [-0.4, -0.2) is 24.0 Å². The smallest absolute Gasteiger partial charge is 0.109 e. The summed E-state index contributed by atoms with van der Waals surface area (Å²) < 4.78 is 0. The molecule has 0 unspecified atom stereocenters. The third kappa shape index (κ3) is 3.55. The van der Waals surface area contributed by atoms with Gasteiger partial charge in [0.25, 0.3) is 0 Å². The van der Waals surface area contributed by atoms with Crippen LogP contribution in [0.1, 0.15) is 33.4 Å². The molecule has 2 heteroatoms. The van der Waals surface area contributed by atoms with E-state index in [4.69, 9.17) is 12.2 Å². The molecule has 0 aromatic heterocycles. The molecular formula is C20H21NS. The van der Waals surface area contributed by atoms with Crippen LogP contribution in [0.3, 0.4) is 0 Å². The minimum Gasteiger partial charge on any atom is -0.368 e. The van der Waals surface area contributed by atoms with E-state index in [9.17, 15) is 0 Å². The molecule has 0 aliphatic heterocycles. The number of rotatable bonds is 1. The average Bonchev–Trinajstić information content (AvgIpc) is 2.45. The zero-order valence-corrected chi connectivity index (χ0v) is 14.6. The predicted molar refractivity (Wildman–Crippen MR) is 98.5 cm³/mol. The molecule has 0 heterocycles. The highest BCUT2D eigenvalue weighted by Crippen LogP contribution is 2.16. The Bertz CT molecular complexity index is 753. The molecule has 0 aliphatic carbocycles. The van der Waals surface area contributed by atoms with Gasteiger partial charge in [0.05, 0.1) is 0 Å². The summed E-state index contributed by atoms with van der Waals surface area (Å²) in [7, 11) is 3.92. The summed E-state index contributed by atoms with van der Waals surface area (Å²) in [5, 5.41) is 0. The van der Waals surface area contributed by atoms with Gasteiger partial charge in [-0.3, -0.25) is 0 Å². The molecule has 2 aromatic rings. The van der Waals surface area contributed by atoms with E-state index in [0.29, 0.717) is 0 Å². The molecule has 0 saturated heterocycles. The Kier molecular flexibility index (Phi) is 5.00. The van der Waals surface area contributed by atoms with Crippen molar-refractivity contribution in [2.24, 2.45) is 0 Å². The van der Waals surface area contributed by atoms with E-state index in [1.807, 2.05) is 43.3 Å². The van der Waals surface area contributed by atoms with Crippen LogP contribution in [0.5, 0.6) is 0 Å². The van der Waals surface area contributed by atoms with Gasteiger partial charge in [-0.25, -0.2) is 0 Å². The number of benzene rings is 2. The second kappa shape index (κ2) is 6.77. The maximum atomic E-state index is 5.49. The Morgan fingerprint density at radius 3 is 2.14 bits per heavy atom. The van der Waals surface area contributed by atoms with E-state index in [1.165, 1.54) is 16.7 Å². The van der Waals surface area contributed by atoms with Crippen LogP contribution in [0.2, 0.25) is 0 Å². The fourth-order valence-corrected chi connectivity index (χ4v) is 2.70. The molecule has 2 rings (SSSR count). The fraction of sp³-hybridized carbons (Fsp3) is 0.250. The Hall–Kier alpha value is -2.11. The lowest BCUT2D eigenvalue weighted by atomic mass is 9.99. The minimum absolute atomic E-state index is 0.808. The molecule has 0 spiro atoms. The third-order valence-corrected chi connectivity index (χ3v) is 4.15. The van der Waals surface area contributed by atoms with Crippen molar-refractivity contribution >= 4 is 17.2 Å². The van der Waals surface area contributed by atoms with Crippen LogP contribution >= 0.6 is 12.2 Å². The van der Waals surface area contributed by atoms with E-state index in [2.05, 4.69) is 44.7 Å². The first-order valence-electron chi connectivity index (χ1n) is 7.30. The monoisotopic (exact) mass is 307 g/mol. The van der Waals surface area contributed by atoms with E-state index >= 15 is 0 Å². The molecular weight excluding hydrogens is 286 g/mol. The SMILES string of the molecule is Cc1cc(C)c(C#Cc2ccccc2C(=S)N(C)C)c(C)c1. The third-order valence-electron chi connectivity index (χ3n) is 3.56. The lowest BCUT2D eigenvalue weighted by Gasteiger charge is -2.15. The van der Waals surface area contributed by atoms with Gasteiger partial charge in [-0.1, -0.05) is 60.0 Å². The van der Waals surface area contributed by atoms with Crippen molar-refractivity contribution in [1.82, 2.24) is 4.90 Å². The molecule has 0 atom stereocenters. The van der Waals surface area contributed by atoms with Gasteiger partial charge in [0.1, 0.15) is 4.99 Å². The molecule has 0 amide bonds. The number of hydrogen-bond donors (Lipinski definition) is 0.